The molecular formula is C19H21N3O. The number of aromatic amines is 1. The first-order valence-corrected chi connectivity index (χ1v) is 8.19. The molecule has 0 radical (unpaired) electrons. The molecule has 3 rings (SSSR count). The molecule has 0 unspecified atom stereocenters. The Hall–Kier alpha value is -2.49. The zero-order chi connectivity index (χ0) is 15.9. The minimum absolute atomic E-state index is 0.681. The third-order valence-electron chi connectivity index (χ3n) is 4.03. The molecule has 0 saturated carbocycles. The Morgan fingerprint density at radius 2 is 1.96 bits per heavy atom. The van der Waals surface area contributed by atoms with E-state index in [0.717, 1.165) is 66.4 Å². The lowest BCUT2D eigenvalue weighted by Gasteiger charge is -2.01. The minimum atomic E-state index is 0.681. The van der Waals surface area contributed by atoms with E-state index in [-0.39, 0.29) is 0 Å². The van der Waals surface area contributed by atoms with Crippen LogP contribution >= 0.6 is 0 Å². The summed E-state index contributed by atoms with van der Waals surface area (Å²) in [6.07, 6.45) is 10.7. The molecule has 1 aromatic carbocycles. The summed E-state index contributed by atoms with van der Waals surface area (Å²) < 4.78 is 0. The maximum atomic E-state index is 10.3. The van der Waals surface area contributed by atoms with Crippen molar-refractivity contribution in [1.29, 1.82) is 0 Å². The van der Waals surface area contributed by atoms with Gasteiger partial charge in [0, 0.05) is 30.0 Å². The summed E-state index contributed by atoms with van der Waals surface area (Å²) in [4.78, 5) is 22.5. The molecule has 1 N–H and O–H groups in total. The van der Waals surface area contributed by atoms with E-state index in [0.29, 0.717) is 6.42 Å². The van der Waals surface area contributed by atoms with Crippen LogP contribution in [0.1, 0.15) is 37.9 Å². The zero-order valence-corrected chi connectivity index (χ0v) is 13.2. The maximum absolute atomic E-state index is 10.3. The number of hydrogen-bond donors (Lipinski definition) is 1. The highest BCUT2D eigenvalue weighted by Gasteiger charge is 2.05. The van der Waals surface area contributed by atoms with E-state index < -0.39 is 0 Å². The Labute approximate surface area is 136 Å². The molecule has 4 nitrogen and oxygen atoms in total. The molecule has 0 aliphatic carbocycles. The fraction of sp³-hybridized carbons (Fsp3) is 0.316. The Morgan fingerprint density at radius 1 is 1.04 bits per heavy atom. The van der Waals surface area contributed by atoms with Crippen LogP contribution in [0.3, 0.4) is 0 Å². The molecule has 2 heterocycles. The first kappa shape index (κ1) is 15.4. The largest absolute Gasteiger partial charge is 0.342 e. The van der Waals surface area contributed by atoms with Crippen molar-refractivity contribution in [3.05, 3.63) is 48.5 Å². The van der Waals surface area contributed by atoms with Gasteiger partial charge in [-0.05, 0) is 25.0 Å². The van der Waals surface area contributed by atoms with Gasteiger partial charge in [0.05, 0.1) is 17.4 Å². The number of rotatable bonds is 8. The second kappa shape index (κ2) is 7.68. The number of nitrogens with zero attached hydrogens (tertiary/aromatic N) is 2. The molecule has 0 spiro atoms. The van der Waals surface area contributed by atoms with E-state index in [4.69, 9.17) is 0 Å². The third kappa shape index (κ3) is 4.03. The van der Waals surface area contributed by atoms with Crippen LogP contribution in [0, 0.1) is 0 Å². The molecule has 0 saturated heterocycles. The molecule has 118 valence electrons. The quantitative estimate of drug-likeness (QED) is 0.498. The summed E-state index contributed by atoms with van der Waals surface area (Å²) >= 11 is 0. The van der Waals surface area contributed by atoms with Gasteiger partial charge in [0.1, 0.15) is 12.1 Å². The van der Waals surface area contributed by atoms with Crippen molar-refractivity contribution in [2.45, 2.75) is 38.5 Å². The summed E-state index contributed by atoms with van der Waals surface area (Å²) in [6.45, 7) is 0. The molecule has 4 heteroatoms. The lowest BCUT2D eigenvalue weighted by molar-refractivity contribution is -0.107. The monoisotopic (exact) mass is 307 g/mol. The third-order valence-corrected chi connectivity index (χ3v) is 4.03. The number of aromatic nitrogens is 3. The van der Waals surface area contributed by atoms with Crippen LogP contribution in [0.25, 0.3) is 22.2 Å². The minimum Gasteiger partial charge on any atom is -0.342 e. The SMILES string of the molecule is O=CCCCCCCc1ncc(-c2ccc3cccnc3c2)[nH]1. The standard InChI is InChI=1S/C19H21N3O/c23-12-5-3-1-2-4-8-19-21-14-18(22-19)16-10-9-15-7-6-11-20-17(15)13-16/h6-7,9-14H,1-5,8H2,(H,21,22). The summed E-state index contributed by atoms with van der Waals surface area (Å²) in [5, 5.41) is 1.14. The number of nitrogens with one attached hydrogen (secondary N) is 1. The van der Waals surface area contributed by atoms with Crippen molar-refractivity contribution in [1.82, 2.24) is 15.0 Å². The molecule has 0 fully saturated rings. The van der Waals surface area contributed by atoms with Gasteiger partial charge in [0.25, 0.3) is 0 Å². The molecule has 0 amide bonds. The Bertz CT molecular complexity index is 779. The summed E-state index contributed by atoms with van der Waals surface area (Å²) in [6, 6.07) is 10.3. The molecule has 0 aliphatic rings. The highest BCUT2D eigenvalue weighted by molar-refractivity contribution is 5.83. The van der Waals surface area contributed by atoms with Crippen molar-refractivity contribution in [3.8, 4) is 11.3 Å². The van der Waals surface area contributed by atoms with E-state index in [1.54, 1.807) is 0 Å². The van der Waals surface area contributed by atoms with Crippen molar-refractivity contribution >= 4 is 17.2 Å². The molecule has 2 aromatic heterocycles. The first-order valence-electron chi connectivity index (χ1n) is 8.19. The van der Waals surface area contributed by atoms with Crippen LogP contribution in [-0.4, -0.2) is 21.2 Å². The number of aldehydes is 1. The number of pyridine rings is 1. The van der Waals surface area contributed by atoms with Crippen molar-refractivity contribution in [2.24, 2.45) is 0 Å². The summed E-state index contributed by atoms with van der Waals surface area (Å²) in [7, 11) is 0. The normalized spacial score (nSPS) is 11.0. The number of carbonyl (C=O) groups excluding carboxylic acids is 1. The van der Waals surface area contributed by atoms with Gasteiger partial charge in [0.15, 0.2) is 0 Å². The Balaban J connectivity index is 1.60. The molecule has 0 atom stereocenters. The summed E-state index contributed by atoms with van der Waals surface area (Å²) in [5.74, 6) is 1.02. The van der Waals surface area contributed by atoms with Crippen LogP contribution in [-0.2, 0) is 11.2 Å². The predicted molar refractivity (Wildman–Crippen MR) is 92.2 cm³/mol. The van der Waals surface area contributed by atoms with Gasteiger partial charge in [-0.15, -0.1) is 0 Å². The fourth-order valence-electron chi connectivity index (χ4n) is 2.74. The van der Waals surface area contributed by atoms with Gasteiger partial charge < -0.3 is 9.78 Å². The van der Waals surface area contributed by atoms with E-state index >= 15 is 0 Å². The molecule has 23 heavy (non-hydrogen) atoms. The zero-order valence-electron chi connectivity index (χ0n) is 13.2. The highest BCUT2D eigenvalue weighted by Crippen LogP contribution is 2.22. The number of fused-ring (bicyclic) bond motifs is 1. The van der Waals surface area contributed by atoms with Gasteiger partial charge >= 0.3 is 0 Å². The number of aryl methyl sites for hydroxylation is 1. The van der Waals surface area contributed by atoms with Crippen LogP contribution in [0.4, 0.5) is 0 Å². The van der Waals surface area contributed by atoms with Crippen LogP contribution < -0.4 is 0 Å². The van der Waals surface area contributed by atoms with Crippen LogP contribution in [0.2, 0.25) is 0 Å². The van der Waals surface area contributed by atoms with E-state index in [2.05, 4.69) is 39.2 Å². The molecule has 0 aliphatic heterocycles. The molecule has 3 aromatic rings. The topological polar surface area (TPSA) is 58.6 Å². The van der Waals surface area contributed by atoms with Crippen molar-refractivity contribution in [3.63, 3.8) is 0 Å². The van der Waals surface area contributed by atoms with Gasteiger partial charge in [-0.3, -0.25) is 4.98 Å². The number of unbranched alkanes of at least 4 members (excludes halogenated alkanes) is 4. The van der Waals surface area contributed by atoms with E-state index in [9.17, 15) is 4.79 Å². The second-order valence-corrected chi connectivity index (χ2v) is 5.77. The van der Waals surface area contributed by atoms with Crippen molar-refractivity contribution < 1.29 is 4.79 Å². The van der Waals surface area contributed by atoms with Crippen LogP contribution in [0.15, 0.2) is 42.7 Å². The number of carbonyl (C=O) groups is 1. The number of H-pyrrole nitrogens is 1. The van der Waals surface area contributed by atoms with Gasteiger partial charge in [-0.1, -0.05) is 31.0 Å². The van der Waals surface area contributed by atoms with E-state index in [1.165, 1.54) is 0 Å². The summed E-state index contributed by atoms with van der Waals surface area (Å²) in [5.41, 5.74) is 3.14. The smallest absolute Gasteiger partial charge is 0.119 e. The lowest BCUT2D eigenvalue weighted by atomic mass is 10.1. The average Bonchev–Trinajstić information content (AvgIpc) is 3.06. The predicted octanol–water partition coefficient (Wildman–Crippen LogP) is 4.32. The van der Waals surface area contributed by atoms with Gasteiger partial charge in [0.2, 0.25) is 0 Å². The van der Waals surface area contributed by atoms with Crippen LogP contribution in [0.5, 0.6) is 0 Å². The highest BCUT2D eigenvalue weighted by atomic mass is 16.1. The Kier molecular flexibility index (Phi) is 5.14. The molecular weight excluding hydrogens is 286 g/mol. The van der Waals surface area contributed by atoms with Gasteiger partial charge in [-0.25, -0.2) is 4.98 Å². The lowest BCUT2D eigenvalue weighted by Crippen LogP contribution is -1.89. The number of imidazole rings is 1. The number of benzene rings is 1. The maximum Gasteiger partial charge on any atom is 0.119 e. The second-order valence-electron chi connectivity index (χ2n) is 5.77. The average molecular weight is 307 g/mol. The first-order chi connectivity index (χ1) is 11.4. The van der Waals surface area contributed by atoms with Crippen molar-refractivity contribution in [2.75, 3.05) is 0 Å². The van der Waals surface area contributed by atoms with E-state index in [1.807, 2.05) is 18.5 Å². The van der Waals surface area contributed by atoms with Gasteiger partial charge in [-0.2, -0.15) is 0 Å². The molecule has 0 bridgehead atoms. The fourth-order valence-corrected chi connectivity index (χ4v) is 2.74. The number of hydrogen-bond acceptors (Lipinski definition) is 3. The Morgan fingerprint density at radius 3 is 2.87 bits per heavy atom.